The molecule has 2 amide bonds. The second kappa shape index (κ2) is 7.38. The molecule has 30 heavy (non-hydrogen) atoms. The van der Waals surface area contributed by atoms with Crippen LogP contribution >= 0.6 is 0 Å². The zero-order valence-corrected chi connectivity index (χ0v) is 16.3. The molecule has 0 saturated carbocycles. The van der Waals surface area contributed by atoms with Crippen molar-refractivity contribution in [2.75, 3.05) is 6.61 Å². The number of esters is 1. The summed E-state index contributed by atoms with van der Waals surface area (Å²) in [7, 11) is 0. The zero-order valence-electron chi connectivity index (χ0n) is 16.3. The lowest BCUT2D eigenvalue weighted by atomic mass is 10.1. The number of ether oxygens (including phenoxy) is 2. The van der Waals surface area contributed by atoms with Gasteiger partial charge in [0, 0.05) is 25.1 Å². The summed E-state index contributed by atoms with van der Waals surface area (Å²) in [6, 6.07) is 5.71. The van der Waals surface area contributed by atoms with Gasteiger partial charge >= 0.3 is 11.7 Å². The summed E-state index contributed by atoms with van der Waals surface area (Å²) in [5.41, 5.74) is -0.310. The molecule has 156 valence electrons. The molecule has 2 aromatic rings. The fourth-order valence-electron chi connectivity index (χ4n) is 3.82. The number of nitrogens with one attached hydrogen (secondary N) is 1. The van der Waals surface area contributed by atoms with Crippen molar-refractivity contribution in [3.63, 3.8) is 0 Å². The average molecular weight is 413 g/mol. The normalized spacial score (nSPS) is 23.0. The van der Waals surface area contributed by atoms with Gasteiger partial charge in [-0.15, -0.1) is 0 Å². The monoisotopic (exact) mass is 413 g/mol. The topological polar surface area (TPSA) is 128 Å². The molecule has 1 aromatic carbocycles. The van der Waals surface area contributed by atoms with Crippen LogP contribution in [0.5, 0.6) is 0 Å². The van der Waals surface area contributed by atoms with E-state index < -0.39 is 47.4 Å². The average Bonchev–Trinajstić information content (AvgIpc) is 3.22. The Labute approximate surface area is 170 Å². The molecule has 4 rings (SSSR count). The Hall–Kier alpha value is -3.53. The fourth-order valence-corrected chi connectivity index (χ4v) is 3.82. The number of amides is 2. The highest BCUT2D eigenvalue weighted by Gasteiger charge is 2.48. The number of hydrogen-bond donors (Lipinski definition) is 1. The summed E-state index contributed by atoms with van der Waals surface area (Å²) < 4.78 is 12.2. The van der Waals surface area contributed by atoms with Crippen LogP contribution in [0, 0.1) is 6.92 Å². The third-order valence-electron chi connectivity index (χ3n) is 5.27. The summed E-state index contributed by atoms with van der Waals surface area (Å²) in [5, 5.41) is 0. The van der Waals surface area contributed by atoms with Crippen molar-refractivity contribution in [2.24, 2.45) is 0 Å². The lowest BCUT2D eigenvalue weighted by Crippen LogP contribution is -2.46. The Morgan fingerprint density at radius 1 is 1.17 bits per heavy atom. The van der Waals surface area contributed by atoms with Crippen LogP contribution in [0.1, 0.15) is 45.9 Å². The Morgan fingerprint density at radius 2 is 1.80 bits per heavy atom. The van der Waals surface area contributed by atoms with Crippen LogP contribution in [0.4, 0.5) is 0 Å². The van der Waals surface area contributed by atoms with E-state index in [1.54, 1.807) is 31.2 Å². The van der Waals surface area contributed by atoms with E-state index in [0.717, 1.165) is 4.90 Å². The van der Waals surface area contributed by atoms with Crippen LogP contribution in [0.25, 0.3) is 0 Å². The van der Waals surface area contributed by atoms with E-state index in [2.05, 4.69) is 4.98 Å². The third-order valence-corrected chi connectivity index (χ3v) is 5.27. The van der Waals surface area contributed by atoms with Crippen molar-refractivity contribution in [3.8, 4) is 0 Å². The van der Waals surface area contributed by atoms with Gasteiger partial charge in [0.15, 0.2) is 0 Å². The molecule has 10 nitrogen and oxygen atoms in total. The molecule has 1 N–H and O–H groups in total. The molecule has 0 aliphatic carbocycles. The maximum Gasteiger partial charge on any atom is 0.330 e. The first-order valence-electron chi connectivity index (χ1n) is 9.35. The minimum absolute atomic E-state index is 0.1000. The maximum absolute atomic E-state index is 12.9. The lowest BCUT2D eigenvalue weighted by molar-refractivity contribution is -0.146. The minimum atomic E-state index is -0.858. The Kier molecular flexibility index (Phi) is 4.86. The van der Waals surface area contributed by atoms with Crippen LogP contribution in [-0.4, -0.2) is 51.0 Å². The van der Waals surface area contributed by atoms with Crippen molar-refractivity contribution in [1.29, 1.82) is 0 Å². The van der Waals surface area contributed by atoms with Gasteiger partial charge in [-0.2, -0.15) is 0 Å². The minimum Gasteiger partial charge on any atom is -0.463 e. The van der Waals surface area contributed by atoms with Crippen LogP contribution in [-0.2, 0) is 14.3 Å². The number of aromatic amines is 1. The third kappa shape index (κ3) is 3.24. The van der Waals surface area contributed by atoms with Gasteiger partial charge < -0.3 is 9.47 Å². The number of hydrogen-bond acceptors (Lipinski definition) is 7. The fraction of sp³-hybridized carbons (Fsp3) is 0.350. The first-order valence-corrected chi connectivity index (χ1v) is 9.35. The number of aromatic nitrogens is 2. The standard InChI is InChI=1S/C20H19N3O7/c1-10-8-22(20(28)21-17(10)25)16-7-14(15(30-16)9-29-11(2)24)23-18(26)12-5-3-4-6-13(12)19(23)27/h3-6,8,14-16H,7,9H2,1-2H3,(H,21,25,28)/t14-,15+,16-/m0/s1. The summed E-state index contributed by atoms with van der Waals surface area (Å²) in [6.07, 6.45) is -0.231. The summed E-state index contributed by atoms with van der Waals surface area (Å²) in [6.45, 7) is 2.59. The number of benzene rings is 1. The zero-order chi connectivity index (χ0) is 21.6. The number of fused-ring (bicyclic) bond motifs is 1. The second-order valence-corrected chi connectivity index (χ2v) is 7.24. The van der Waals surface area contributed by atoms with E-state index in [9.17, 15) is 24.0 Å². The van der Waals surface area contributed by atoms with Gasteiger partial charge in [0.1, 0.15) is 18.9 Å². The molecule has 3 atom stereocenters. The first kappa shape index (κ1) is 19.8. The van der Waals surface area contributed by atoms with E-state index >= 15 is 0 Å². The van der Waals surface area contributed by atoms with Crippen molar-refractivity contribution in [1.82, 2.24) is 14.5 Å². The highest BCUT2D eigenvalue weighted by molar-refractivity contribution is 6.21. The molecule has 1 saturated heterocycles. The van der Waals surface area contributed by atoms with Gasteiger partial charge in [0.25, 0.3) is 17.4 Å². The van der Waals surface area contributed by atoms with Gasteiger partial charge in [-0.25, -0.2) is 4.79 Å². The molecule has 1 aromatic heterocycles. The van der Waals surface area contributed by atoms with Crippen LogP contribution in [0.3, 0.4) is 0 Å². The van der Waals surface area contributed by atoms with Crippen molar-refractivity contribution < 1.29 is 23.9 Å². The molecule has 0 spiro atoms. The number of rotatable bonds is 4. The van der Waals surface area contributed by atoms with Gasteiger partial charge in [-0.1, -0.05) is 12.1 Å². The van der Waals surface area contributed by atoms with Crippen LogP contribution in [0.2, 0.25) is 0 Å². The highest BCUT2D eigenvalue weighted by Crippen LogP contribution is 2.36. The second-order valence-electron chi connectivity index (χ2n) is 7.24. The molecule has 2 aliphatic rings. The number of H-pyrrole nitrogens is 1. The van der Waals surface area contributed by atoms with Gasteiger partial charge in [-0.3, -0.25) is 33.6 Å². The van der Waals surface area contributed by atoms with E-state index in [-0.39, 0.29) is 24.2 Å². The molecular formula is C20H19N3O7. The Morgan fingerprint density at radius 3 is 2.40 bits per heavy atom. The SMILES string of the molecule is CC(=O)OC[C@H]1O[C@H](n2cc(C)c(=O)[nH]c2=O)C[C@@H]1N1C(=O)c2ccccc2C1=O. The Bertz CT molecular complexity index is 1130. The highest BCUT2D eigenvalue weighted by atomic mass is 16.6. The molecular weight excluding hydrogens is 394 g/mol. The van der Waals surface area contributed by atoms with Crippen molar-refractivity contribution in [3.05, 3.63) is 68.0 Å². The summed E-state index contributed by atoms with van der Waals surface area (Å²) in [5.74, 6) is -1.48. The maximum atomic E-state index is 12.9. The van der Waals surface area contributed by atoms with Gasteiger partial charge in [-0.05, 0) is 19.1 Å². The van der Waals surface area contributed by atoms with E-state index in [1.165, 1.54) is 17.7 Å². The summed E-state index contributed by atoms with van der Waals surface area (Å²) in [4.78, 5) is 64.4. The number of carbonyl (C=O) groups excluding carboxylic acids is 3. The number of imide groups is 1. The molecule has 0 radical (unpaired) electrons. The Balaban J connectivity index is 1.69. The lowest BCUT2D eigenvalue weighted by Gasteiger charge is -2.25. The van der Waals surface area contributed by atoms with Crippen LogP contribution < -0.4 is 11.2 Å². The van der Waals surface area contributed by atoms with E-state index in [0.29, 0.717) is 5.56 Å². The quantitative estimate of drug-likeness (QED) is 0.566. The van der Waals surface area contributed by atoms with Gasteiger partial charge in [0.05, 0.1) is 17.2 Å². The molecule has 0 unspecified atom stereocenters. The van der Waals surface area contributed by atoms with E-state index in [1.807, 2.05) is 0 Å². The molecule has 0 bridgehead atoms. The molecule has 1 fully saturated rings. The number of aryl methyl sites for hydroxylation is 1. The summed E-state index contributed by atoms with van der Waals surface area (Å²) >= 11 is 0. The van der Waals surface area contributed by atoms with E-state index in [4.69, 9.17) is 9.47 Å². The predicted molar refractivity (Wildman–Crippen MR) is 102 cm³/mol. The van der Waals surface area contributed by atoms with Crippen LogP contribution in [0.15, 0.2) is 40.1 Å². The largest absolute Gasteiger partial charge is 0.463 e. The van der Waals surface area contributed by atoms with Gasteiger partial charge in [0.2, 0.25) is 0 Å². The molecule has 3 heterocycles. The van der Waals surface area contributed by atoms with Crippen molar-refractivity contribution in [2.45, 2.75) is 38.6 Å². The number of carbonyl (C=O) groups is 3. The smallest absolute Gasteiger partial charge is 0.330 e. The van der Waals surface area contributed by atoms with Crippen molar-refractivity contribution >= 4 is 17.8 Å². The predicted octanol–water partition coefficient (Wildman–Crippen LogP) is 0.360. The molecule has 10 heteroatoms. The first-order chi connectivity index (χ1) is 14.3. The molecule has 2 aliphatic heterocycles. The number of nitrogens with zero attached hydrogens (tertiary/aromatic N) is 2.